The van der Waals surface area contributed by atoms with E-state index >= 15 is 0 Å². The van der Waals surface area contributed by atoms with Gasteiger partial charge in [-0.05, 0) is 108 Å². The largest absolute Gasteiger partial charge is 0.203 e. The molecule has 2 heterocycles. The van der Waals surface area contributed by atoms with Gasteiger partial charge in [0, 0.05) is 61.6 Å². The number of nitrogens with zero attached hydrogens (tertiary/aromatic N) is 2. The number of hydrogen-bond acceptors (Lipinski definition) is 0. The molecule has 0 atom stereocenters. The molecule has 0 bridgehead atoms. The average Bonchev–Trinajstić information content (AvgIpc) is 3.19. The van der Waals surface area contributed by atoms with E-state index in [2.05, 4.69) is 202 Å². The van der Waals surface area contributed by atoms with Crippen LogP contribution in [0.1, 0.15) is 70.5 Å². The maximum atomic E-state index is 3.48. The number of benzene rings is 4. The molecular weight excluding hydrogens is 788 g/mol. The SMILES string of the molecule is BrCCCc1ccc(-c2ccc(CCCBr)cc2)cc1.Cc1cc[n+](CCCc2ccc(-c3ccc(CCC[n+]4ccc(C)cc4C)cc3)cc2)c(C)c1. The Labute approximate surface area is 342 Å². The highest BCUT2D eigenvalue weighted by molar-refractivity contribution is 9.09. The quantitative estimate of drug-likeness (QED) is 0.0677. The summed E-state index contributed by atoms with van der Waals surface area (Å²) < 4.78 is 4.70. The van der Waals surface area contributed by atoms with E-state index < -0.39 is 0 Å². The molecule has 4 aromatic carbocycles. The third-order valence-corrected chi connectivity index (χ3v) is 11.3. The van der Waals surface area contributed by atoms with E-state index in [-0.39, 0.29) is 0 Å². The predicted molar refractivity (Wildman–Crippen MR) is 237 cm³/mol. The molecule has 0 saturated heterocycles. The van der Waals surface area contributed by atoms with Gasteiger partial charge in [-0.15, -0.1) is 0 Å². The molecule has 0 aliphatic heterocycles. The number of hydrogen-bond donors (Lipinski definition) is 0. The first-order valence-corrected chi connectivity index (χ1v) is 22.0. The van der Waals surface area contributed by atoms with Gasteiger partial charge in [-0.1, -0.05) is 129 Å². The first-order chi connectivity index (χ1) is 26.3. The Balaban J connectivity index is 0.000000239. The lowest BCUT2D eigenvalue weighted by Gasteiger charge is -2.07. The second kappa shape index (κ2) is 21.9. The zero-order valence-electron chi connectivity index (χ0n) is 32.8. The molecule has 0 amide bonds. The predicted octanol–water partition coefficient (Wildman–Crippen LogP) is 12.4. The summed E-state index contributed by atoms with van der Waals surface area (Å²) in [5, 5.41) is 2.15. The fraction of sp³-hybridized carbons (Fsp3) is 0.320. The summed E-state index contributed by atoms with van der Waals surface area (Å²) in [6.07, 6.45) is 13.6. The number of aryl methyl sites for hydroxylation is 10. The van der Waals surface area contributed by atoms with Crippen LogP contribution in [-0.2, 0) is 38.8 Å². The van der Waals surface area contributed by atoms with E-state index in [1.807, 2.05) is 0 Å². The fourth-order valence-electron chi connectivity index (χ4n) is 6.98. The van der Waals surface area contributed by atoms with Crippen molar-refractivity contribution in [3.63, 3.8) is 0 Å². The van der Waals surface area contributed by atoms with E-state index in [4.69, 9.17) is 0 Å². The molecule has 2 aromatic heterocycles. The van der Waals surface area contributed by atoms with Crippen molar-refractivity contribution in [3.8, 4) is 22.3 Å². The summed E-state index contributed by atoms with van der Waals surface area (Å²) in [5.41, 5.74) is 16.2. The number of halogens is 2. The Morgan fingerprint density at radius 3 is 0.907 bits per heavy atom. The lowest BCUT2D eigenvalue weighted by molar-refractivity contribution is -0.703. The third kappa shape index (κ3) is 13.2. The van der Waals surface area contributed by atoms with Gasteiger partial charge in [0.05, 0.1) is 0 Å². The van der Waals surface area contributed by atoms with Crippen LogP contribution in [0.4, 0.5) is 0 Å². The second-order valence-corrected chi connectivity index (χ2v) is 16.2. The molecule has 4 heteroatoms. The van der Waals surface area contributed by atoms with Crippen molar-refractivity contribution in [2.24, 2.45) is 0 Å². The number of aromatic nitrogens is 2. The smallest absolute Gasteiger partial charge is 0.178 e. The van der Waals surface area contributed by atoms with E-state index in [0.29, 0.717) is 0 Å². The molecule has 54 heavy (non-hydrogen) atoms. The van der Waals surface area contributed by atoms with Crippen LogP contribution in [0.2, 0.25) is 0 Å². The summed E-state index contributed by atoms with van der Waals surface area (Å²) in [7, 11) is 0. The summed E-state index contributed by atoms with van der Waals surface area (Å²) in [6.45, 7) is 10.8. The standard InChI is InChI=1S/C32H38N2.C18H20Br2/c1-25-17-21-33(27(3)23-25)19-5-7-29-9-13-31(14-10-29)32-15-11-30(12-16-32)8-6-20-34-22-18-26(2)24-28(34)4;19-13-1-3-15-5-9-17(10-6-15)18-11-7-16(8-12-18)4-2-14-20/h9-18,21-24H,5-8,19-20H2,1-4H3;5-12H,1-4,13-14H2/q+2;. The van der Waals surface area contributed by atoms with Crippen molar-refractivity contribution in [1.82, 2.24) is 0 Å². The normalized spacial score (nSPS) is 10.9. The van der Waals surface area contributed by atoms with E-state index in [1.165, 1.54) is 79.9 Å². The monoisotopic (exact) mass is 844 g/mol. The summed E-state index contributed by atoms with van der Waals surface area (Å²) in [6, 6.07) is 45.0. The average molecular weight is 847 g/mol. The van der Waals surface area contributed by atoms with Gasteiger partial charge in [-0.3, -0.25) is 0 Å². The highest BCUT2D eigenvalue weighted by atomic mass is 79.9. The van der Waals surface area contributed by atoms with Crippen LogP contribution in [0.15, 0.2) is 134 Å². The van der Waals surface area contributed by atoms with Crippen molar-refractivity contribution in [2.75, 3.05) is 10.7 Å². The minimum atomic E-state index is 1.07. The molecule has 0 N–H and O–H groups in total. The lowest BCUT2D eigenvalue weighted by atomic mass is 10.00. The number of pyridine rings is 2. The maximum absolute atomic E-state index is 3.48. The first-order valence-electron chi connectivity index (χ1n) is 19.7. The highest BCUT2D eigenvalue weighted by Crippen LogP contribution is 2.23. The Morgan fingerprint density at radius 2 is 0.648 bits per heavy atom. The molecule has 6 rings (SSSR count). The van der Waals surface area contributed by atoms with Gasteiger partial charge >= 0.3 is 0 Å². The van der Waals surface area contributed by atoms with Gasteiger partial charge in [-0.2, -0.15) is 0 Å². The Kier molecular flexibility index (Phi) is 16.7. The molecular formula is C50H58Br2N2+2. The molecule has 0 unspecified atom stereocenters. The fourth-order valence-corrected chi connectivity index (χ4v) is 7.54. The van der Waals surface area contributed by atoms with E-state index in [1.54, 1.807) is 0 Å². The van der Waals surface area contributed by atoms with Crippen molar-refractivity contribution < 1.29 is 9.13 Å². The Hall–Kier alpha value is -3.86. The van der Waals surface area contributed by atoms with Crippen molar-refractivity contribution in [1.29, 1.82) is 0 Å². The van der Waals surface area contributed by atoms with Gasteiger partial charge < -0.3 is 0 Å². The number of rotatable bonds is 16. The van der Waals surface area contributed by atoms with Crippen molar-refractivity contribution >= 4 is 31.9 Å². The van der Waals surface area contributed by atoms with E-state index in [9.17, 15) is 0 Å². The van der Waals surface area contributed by atoms with Crippen LogP contribution in [-0.4, -0.2) is 10.7 Å². The minimum Gasteiger partial charge on any atom is -0.203 e. The molecule has 0 spiro atoms. The van der Waals surface area contributed by atoms with Crippen LogP contribution < -0.4 is 9.13 Å². The Morgan fingerprint density at radius 1 is 0.370 bits per heavy atom. The zero-order chi connectivity index (χ0) is 38.1. The topological polar surface area (TPSA) is 7.76 Å². The lowest BCUT2D eigenvalue weighted by Crippen LogP contribution is -2.36. The molecule has 0 aliphatic rings. The van der Waals surface area contributed by atoms with Gasteiger partial charge in [0.15, 0.2) is 23.8 Å². The van der Waals surface area contributed by atoms with Crippen LogP contribution in [0.25, 0.3) is 22.3 Å². The van der Waals surface area contributed by atoms with Gasteiger partial charge in [0.25, 0.3) is 0 Å². The molecule has 280 valence electrons. The summed E-state index contributed by atoms with van der Waals surface area (Å²) in [4.78, 5) is 0. The zero-order valence-corrected chi connectivity index (χ0v) is 36.0. The molecule has 0 saturated carbocycles. The third-order valence-electron chi connectivity index (χ3n) is 10.2. The van der Waals surface area contributed by atoms with Crippen LogP contribution in [0.5, 0.6) is 0 Å². The molecule has 2 nitrogen and oxygen atoms in total. The Bertz CT molecular complexity index is 1850. The summed E-state index contributed by atoms with van der Waals surface area (Å²) >= 11 is 6.96. The van der Waals surface area contributed by atoms with Gasteiger partial charge in [-0.25, -0.2) is 9.13 Å². The van der Waals surface area contributed by atoms with Gasteiger partial charge in [0.1, 0.15) is 13.1 Å². The number of alkyl halides is 2. The minimum absolute atomic E-state index is 1.07. The molecule has 0 fully saturated rings. The van der Waals surface area contributed by atoms with E-state index in [0.717, 1.165) is 62.3 Å². The van der Waals surface area contributed by atoms with Crippen LogP contribution in [0, 0.1) is 27.7 Å². The maximum Gasteiger partial charge on any atom is 0.178 e. The second-order valence-electron chi connectivity index (χ2n) is 14.7. The van der Waals surface area contributed by atoms with Crippen molar-refractivity contribution in [2.45, 2.75) is 92.2 Å². The van der Waals surface area contributed by atoms with Crippen LogP contribution >= 0.6 is 31.9 Å². The highest BCUT2D eigenvalue weighted by Gasteiger charge is 2.08. The molecule has 6 aromatic rings. The summed E-state index contributed by atoms with van der Waals surface area (Å²) in [5.74, 6) is 0. The first kappa shape index (κ1) is 41.3. The molecule has 0 radical (unpaired) electrons. The van der Waals surface area contributed by atoms with Gasteiger partial charge in [0.2, 0.25) is 0 Å². The molecule has 0 aliphatic carbocycles. The van der Waals surface area contributed by atoms with Crippen molar-refractivity contribution in [3.05, 3.63) is 178 Å². The van der Waals surface area contributed by atoms with Crippen LogP contribution in [0.3, 0.4) is 0 Å².